The molecule has 180 valence electrons. The number of hydrogen-bond acceptors (Lipinski definition) is 4. The summed E-state index contributed by atoms with van der Waals surface area (Å²) in [4.78, 5) is 22.8. The second kappa shape index (κ2) is 9.17. The summed E-state index contributed by atoms with van der Waals surface area (Å²) in [5.41, 5.74) is 9.38. The maximum absolute atomic E-state index is 13.6. The number of carbonyl (C=O) groups is 1. The number of benzene rings is 2. The molecule has 1 fully saturated rings. The van der Waals surface area contributed by atoms with Gasteiger partial charge in [-0.05, 0) is 69.0 Å². The molecule has 0 N–H and O–H groups in total. The topological polar surface area (TPSA) is 53.7 Å². The molecule has 1 atom stereocenters. The third kappa shape index (κ3) is 4.29. The van der Waals surface area contributed by atoms with Crippen molar-refractivity contribution in [2.45, 2.75) is 47.1 Å². The number of nitrogens with zero attached hydrogens (tertiary/aromatic N) is 5. The van der Waals surface area contributed by atoms with Gasteiger partial charge < -0.3 is 9.80 Å². The Balaban J connectivity index is 1.39. The van der Waals surface area contributed by atoms with Crippen molar-refractivity contribution in [3.8, 4) is 0 Å². The van der Waals surface area contributed by atoms with Crippen molar-refractivity contribution in [3.63, 3.8) is 0 Å². The number of aryl methyl sites for hydroxylation is 4. The number of amides is 1. The zero-order valence-electron chi connectivity index (χ0n) is 21.2. The summed E-state index contributed by atoms with van der Waals surface area (Å²) >= 11 is 0. The van der Waals surface area contributed by atoms with E-state index >= 15 is 0 Å². The van der Waals surface area contributed by atoms with E-state index in [0.29, 0.717) is 24.3 Å². The van der Waals surface area contributed by atoms with Gasteiger partial charge in [0.2, 0.25) is 0 Å². The van der Waals surface area contributed by atoms with E-state index in [0.717, 1.165) is 29.9 Å². The van der Waals surface area contributed by atoms with Crippen molar-refractivity contribution in [2.75, 3.05) is 24.5 Å². The van der Waals surface area contributed by atoms with Crippen molar-refractivity contribution in [1.82, 2.24) is 19.5 Å². The highest BCUT2D eigenvalue weighted by atomic mass is 16.2. The predicted molar refractivity (Wildman–Crippen MR) is 140 cm³/mol. The molecule has 6 heteroatoms. The molecular weight excluding hydrogens is 434 g/mol. The minimum Gasteiger partial charge on any atom is -0.365 e. The Bertz CT molecular complexity index is 1410. The van der Waals surface area contributed by atoms with Crippen LogP contribution in [0.1, 0.15) is 50.9 Å². The fourth-order valence-electron chi connectivity index (χ4n) is 5.22. The average molecular weight is 468 g/mol. The Hall–Kier alpha value is -3.67. The maximum Gasteiger partial charge on any atom is 0.259 e. The number of carbonyl (C=O) groups excluding carboxylic acids is 1. The first-order valence-corrected chi connectivity index (χ1v) is 12.3. The molecule has 4 aromatic rings. The van der Waals surface area contributed by atoms with E-state index in [-0.39, 0.29) is 11.9 Å². The van der Waals surface area contributed by atoms with Gasteiger partial charge in [-0.1, -0.05) is 36.4 Å². The van der Waals surface area contributed by atoms with Crippen LogP contribution in [0.3, 0.4) is 0 Å². The van der Waals surface area contributed by atoms with Crippen LogP contribution in [-0.4, -0.2) is 51.1 Å². The summed E-state index contributed by atoms with van der Waals surface area (Å²) in [5, 5.41) is 4.59. The minimum atomic E-state index is 0.00805. The van der Waals surface area contributed by atoms with E-state index < -0.39 is 0 Å². The first kappa shape index (κ1) is 23.1. The van der Waals surface area contributed by atoms with Gasteiger partial charge in [-0.2, -0.15) is 5.10 Å². The van der Waals surface area contributed by atoms with Gasteiger partial charge in [-0.3, -0.25) is 4.79 Å². The second-order valence-corrected chi connectivity index (χ2v) is 9.79. The lowest BCUT2D eigenvalue weighted by Crippen LogP contribution is -2.53. The summed E-state index contributed by atoms with van der Waals surface area (Å²) in [5.74, 6) is 0.00805. The van der Waals surface area contributed by atoms with E-state index in [2.05, 4.69) is 86.2 Å². The van der Waals surface area contributed by atoms with E-state index in [1.54, 1.807) is 6.20 Å². The zero-order chi connectivity index (χ0) is 24.7. The van der Waals surface area contributed by atoms with E-state index in [1.165, 1.54) is 22.4 Å². The molecule has 35 heavy (non-hydrogen) atoms. The second-order valence-electron chi connectivity index (χ2n) is 9.79. The Kier molecular flexibility index (Phi) is 6.05. The van der Waals surface area contributed by atoms with E-state index in [1.807, 2.05) is 16.3 Å². The summed E-state index contributed by atoms with van der Waals surface area (Å²) in [6.45, 7) is 12.7. The van der Waals surface area contributed by atoms with Gasteiger partial charge in [-0.15, -0.1) is 0 Å². The number of rotatable bonds is 4. The number of anilines is 1. The Morgan fingerprint density at radius 3 is 2.57 bits per heavy atom. The predicted octanol–water partition coefficient (Wildman–Crippen LogP) is 4.90. The molecule has 2 aromatic carbocycles. The van der Waals surface area contributed by atoms with Crippen molar-refractivity contribution >= 4 is 17.2 Å². The summed E-state index contributed by atoms with van der Waals surface area (Å²) in [7, 11) is 0. The average Bonchev–Trinajstić information content (AvgIpc) is 3.26. The molecule has 0 unspecified atom stereocenters. The van der Waals surface area contributed by atoms with Crippen LogP contribution in [0.15, 0.2) is 54.7 Å². The molecular formula is C29H33N5O. The quantitative estimate of drug-likeness (QED) is 0.428. The number of piperazine rings is 1. The zero-order valence-corrected chi connectivity index (χ0v) is 21.2. The molecule has 3 heterocycles. The van der Waals surface area contributed by atoms with Gasteiger partial charge in [0.15, 0.2) is 5.65 Å². The van der Waals surface area contributed by atoms with Gasteiger partial charge in [0, 0.05) is 49.2 Å². The molecule has 1 amide bonds. The highest BCUT2D eigenvalue weighted by molar-refractivity contribution is 6.00. The number of hydrogen-bond donors (Lipinski definition) is 0. The standard InChI is InChI=1S/C29H33N5O/c1-19-9-8-12-25(15-19)33-14-13-32(18-21(33)3)29(35)27-17-30-34-23(5)26(22(4)31-28(27)34)16-24-11-7-6-10-20(24)2/h6-12,15,17,21H,13-14,16,18H2,1-5H3/t21-/m1/s1. The smallest absolute Gasteiger partial charge is 0.259 e. The molecule has 1 aliphatic rings. The first-order valence-electron chi connectivity index (χ1n) is 12.3. The van der Waals surface area contributed by atoms with Gasteiger partial charge >= 0.3 is 0 Å². The third-order valence-electron chi connectivity index (χ3n) is 7.32. The summed E-state index contributed by atoms with van der Waals surface area (Å²) in [6.07, 6.45) is 2.49. The van der Waals surface area contributed by atoms with Gasteiger partial charge in [0.05, 0.1) is 6.20 Å². The van der Waals surface area contributed by atoms with Gasteiger partial charge in [0.1, 0.15) is 5.56 Å². The largest absolute Gasteiger partial charge is 0.365 e. The van der Waals surface area contributed by atoms with Crippen LogP contribution in [0, 0.1) is 27.7 Å². The molecule has 5 rings (SSSR count). The van der Waals surface area contributed by atoms with Crippen molar-refractivity contribution in [1.29, 1.82) is 0 Å². The van der Waals surface area contributed by atoms with Crippen LogP contribution in [0.25, 0.3) is 5.65 Å². The fraction of sp³-hybridized carbons (Fsp3) is 0.345. The third-order valence-corrected chi connectivity index (χ3v) is 7.32. The van der Waals surface area contributed by atoms with Gasteiger partial charge in [0.25, 0.3) is 5.91 Å². The van der Waals surface area contributed by atoms with Crippen LogP contribution in [-0.2, 0) is 6.42 Å². The molecule has 0 saturated carbocycles. The fourth-order valence-corrected chi connectivity index (χ4v) is 5.22. The minimum absolute atomic E-state index is 0.00805. The highest BCUT2D eigenvalue weighted by Gasteiger charge is 2.30. The molecule has 0 radical (unpaired) electrons. The van der Waals surface area contributed by atoms with Crippen molar-refractivity contribution in [2.24, 2.45) is 0 Å². The lowest BCUT2D eigenvalue weighted by molar-refractivity contribution is 0.0728. The summed E-state index contributed by atoms with van der Waals surface area (Å²) < 4.78 is 1.83. The first-order chi connectivity index (χ1) is 16.8. The molecule has 1 aliphatic heterocycles. The lowest BCUT2D eigenvalue weighted by Gasteiger charge is -2.41. The SMILES string of the molecule is Cc1cccc(N2CCN(C(=O)c3cnn4c(C)c(Cc5ccccc5C)c(C)nc34)C[C@H]2C)c1. The number of fused-ring (bicyclic) bond motifs is 1. The molecule has 0 bridgehead atoms. The van der Waals surface area contributed by atoms with Crippen LogP contribution in [0.5, 0.6) is 0 Å². The normalized spacial score (nSPS) is 16.2. The lowest BCUT2D eigenvalue weighted by atomic mass is 9.98. The molecule has 1 saturated heterocycles. The molecule has 2 aromatic heterocycles. The van der Waals surface area contributed by atoms with Crippen LogP contribution >= 0.6 is 0 Å². The van der Waals surface area contributed by atoms with E-state index in [9.17, 15) is 4.79 Å². The van der Waals surface area contributed by atoms with E-state index in [4.69, 9.17) is 4.98 Å². The monoisotopic (exact) mass is 467 g/mol. The van der Waals surface area contributed by atoms with Crippen molar-refractivity contribution in [3.05, 3.63) is 93.9 Å². The number of aromatic nitrogens is 3. The molecule has 0 aliphatic carbocycles. The molecule has 6 nitrogen and oxygen atoms in total. The Morgan fingerprint density at radius 2 is 1.83 bits per heavy atom. The molecule has 0 spiro atoms. The van der Waals surface area contributed by atoms with Crippen LogP contribution in [0.2, 0.25) is 0 Å². The highest BCUT2D eigenvalue weighted by Crippen LogP contribution is 2.25. The van der Waals surface area contributed by atoms with Crippen LogP contribution < -0.4 is 4.90 Å². The maximum atomic E-state index is 13.6. The van der Waals surface area contributed by atoms with Crippen LogP contribution in [0.4, 0.5) is 5.69 Å². The summed E-state index contributed by atoms with van der Waals surface area (Å²) in [6, 6.07) is 17.2. The Labute approximate surface area is 207 Å². The van der Waals surface area contributed by atoms with Gasteiger partial charge in [-0.25, -0.2) is 9.50 Å². The Morgan fingerprint density at radius 1 is 1.03 bits per heavy atom. The van der Waals surface area contributed by atoms with Crippen molar-refractivity contribution < 1.29 is 4.79 Å².